The van der Waals surface area contributed by atoms with Crippen LogP contribution in [0.2, 0.25) is 0 Å². The molecule has 0 bridgehead atoms. The number of hydrogen-bond donors (Lipinski definition) is 0. The molecular formula is C13H16BrN3OS. The molecular weight excluding hydrogens is 326 g/mol. The molecule has 2 aromatic rings. The van der Waals surface area contributed by atoms with Gasteiger partial charge in [-0.2, -0.15) is 5.10 Å². The third-order valence-electron chi connectivity index (χ3n) is 3.08. The summed E-state index contributed by atoms with van der Waals surface area (Å²) in [5.41, 5.74) is 2.39. The summed E-state index contributed by atoms with van der Waals surface area (Å²) >= 11 is 5.07. The van der Waals surface area contributed by atoms with Crippen molar-refractivity contribution in [3.8, 4) is 0 Å². The summed E-state index contributed by atoms with van der Waals surface area (Å²) in [5, 5.41) is 6.31. The lowest BCUT2D eigenvalue weighted by Gasteiger charge is -2.16. The van der Waals surface area contributed by atoms with Crippen molar-refractivity contribution in [2.24, 2.45) is 7.05 Å². The van der Waals surface area contributed by atoms with E-state index < -0.39 is 0 Å². The van der Waals surface area contributed by atoms with Gasteiger partial charge in [0, 0.05) is 34.5 Å². The summed E-state index contributed by atoms with van der Waals surface area (Å²) in [4.78, 5) is 15.4. The highest BCUT2D eigenvalue weighted by Crippen LogP contribution is 2.22. The minimum atomic E-state index is 0.0209. The van der Waals surface area contributed by atoms with E-state index in [9.17, 15) is 4.79 Å². The fourth-order valence-corrected chi connectivity index (χ4v) is 3.52. The molecule has 2 aromatic heterocycles. The van der Waals surface area contributed by atoms with Crippen LogP contribution in [-0.2, 0) is 13.6 Å². The van der Waals surface area contributed by atoms with E-state index in [1.807, 2.05) is 39.4 Å². The molecule has 0 N–H and O–H groups in total. The van der Waals surface area contributed by atoms with E-state index in [-0.39, 0.29) is 5.91 Å². The van der Waals surface area contributed by atoms with Crippen molar-refractivity contribution in [3.05, 3.63) is 37.7 Å². The maximum Gasteiger partial charge on any atom is 0.257 e. The van der Waals surface area contributed by atoms with Crippen molar-refractivity contribution in [3.63, 3.8) is 0 Å². The van der Waals surface area contributed by atoms with Gasteiger partial charge in [0.2, 0.25) is 0 Å². The minimum absolute atomic E-state index is 0.0209. The lowest BCUT2D eigenvalue weighted by molar-refractivity contribution is 0.0785. The number of aryl methyl sites for hydroxylation is 2. The van der Waals surface area contributed by atoms with Gasteiger partial charge in [-0.25, -0.2) is 0 Å². The van der Waals surface area contributed by atoms with Crippen LogP contribution in [0.25, 0.3) is 0 Å². The van der Waals surface area contributed by atoms with Crippen molar-refractivity contribution >= 4 is 33.2 Å². The number of thiophene rings is 1. The van der Waals surface area contributed by atoms with Gasteiger partial charge in [0.15, 0.2) is 0 Å². The Morgan fingerprint density at radius 1 is 1.53 bits per heavy atom. The highest BCUT2D eigenvalue weighted by Gasteiger charge is 2.21. The lowest BCUT2D eigenvalue weighted by Crippen LogP contribution is -2.26. The standard InChI is InChI=1S/C13H16BrN3OS/c1-8-12(9(2)17(4)15-8)13(18)16(3)6-11-5-10(14)7-19-11/h5,7H,6H2,1-4H3. The van der Waals surface area contributed by atoms with Gasteiger partial charge in [-0.1, -0.05) is 0 Å². The number of amides is 1. The smallest absolute Gasteiger partial charge is 0.257 e. The van der Waals surface area contributed by atoms with Crippen LogP contribution in [-0.4, -0.2) is 27.6 Å². The summed E-state index contributed by atoms with van der Waals surface area (Å²) in [6.45, 7) is 4.40. The molecule has 0 unspecified atom stereocenters. The highest BCUT2D eigenvalue weighted by atomic mass is 79.9. The van der Waals surface area contributed by atoms with Crippen molar-refractivity contribution in [1.29, 1.82) is 0 Å². The Morgan fingerprint density at radius 3 is 2.68 bits per heavy atom. The van der Waals surface area contributed by atoms with Gasteiger partial charge in [-0.05, 0) is 35.8 Å². The van der Waals surface area contributed by atoms with Gasteiger partial charge in [0.25, 0.3) is 5.91 Å². The second-order valence-corrected chi connectivity index (χ2v) is 6.47. The van der Waals surface area contributed by atoms with Crippen molar-refractivity contribution in [1.82, 2.24) is 14.7 Å². The van der Waals surface area contributed by atoms with Crippen LogP contribution in [0.5, 0.6) is 0 Å². The molecule has 0 aliphatic heterocycles. The first kappa shape index (κ1) is 14.3. The predicted octanol–water partition coefficient (Wildman–Crippen LogP) is 3.13. The van der Waals surface area contributed by atoms with Crippen LogP contribution in [0.3, 0.4) is 0 Å². The fraction of sp³-hybridized carbons (Fsp3) is 0.385. The molecule has 2 heterocycles. The molecule has 0 saturated carbocycles. The largest absolute Gasteiger partial charge is 0.336 e. The normalized spacial score (nSPS) is 10.8. The van der Waals surface area contributed by atoms with Gasteiger partial charge >= 0.3 is 0 Å². The molecule has 6 heteroatoms. The first-order valence-electron chi connectivity index (χ1n) is 5.88. The molecule has 0 saturated heterocycles. The number of halogens is 1. The summed E-state index contributed by atoms with van der Waals surface area (Å²) in [6.07, 6.45) is 0. The fourth-order valence-electron chi connectivity index (χ4n) is 2.02. The molecule has 0 fully saturated rings. The van der Waals surface area contributed by atoms with Crippen molar-refractivity contribution in [2.45, 2.75) is 20.4 Å². The number of rotatable bonds is 3. The second-order valence-electron chi connectivity index (χ2n) is 4.56. The van der Waals surface area contributed by atoms with Gasteiger partial charge < -0.3 is 4.90 Å². The SMILES string of the molecule is Cc1nn(C)c(C)c1C(=O)N(C)Cc1cc(Br)cs1. The Labute approximate surface area is 125 Å². The summed E-state index contributed by atoms with van der Waals surface area (Å²) in [7, 11) is 3.68. The Balaban J connectivity index is 2.19. The molecule has 102 valence electrons. The summed E-state index contributed by atoms with van der Waals surface area (Å²) < 4.78 is 2.81. The van der Waals surface area contributed by atoms with Crippen LogP contribution in [0, 0.1) is 13.8 Å². The first-order chi connectivity index (χ1) is 8.90. The van der Waals surface area contributed by atoms with Crippen molar-refractivity contribution < 1.29 is 4.79 Å². The van der Waals surface area contributed by atoms with Gasteiger partial charge in [-0.15, -0.1) is 11.3 Å². The lowest BCUT2D eigenvalue weighted by atomic mass is 10.1. The van der Waals surface area contributed by atoms with Gasteiger partial charge in [-0.3, -0.25) is 9.48 Å². The average Bonchev–Trinajstić information content (AvgIpc) is 2.84. The summed E-state index contributed by atoms with van der Waals surface area (Å²) in [6, 6.07) is 2.04. The third kappa shape index (κ3) is 2.90. The van der Waals surface area contributed by atoms with Crippen LogP contribution >= 0.6 is 27.3 Å². The minimum Gasteiger partial charge on any atom is -0.336 e. The molecule has 19 heavy (non-hydrogen) atoms. The molecule has 4 nitrogen and oxygen atoms in total. The number of nitrogens with zero attached hydrogens (tertiary/aromatic N) is 3. The maximum atomic E-state index is 12.5. The third-order valence-corrected chi connectivity index (χ3v) is 4.77. The topological polar surface area (TPSA) is 38.1 Å². The van der Waals surface area contributed by atoms with Gasteiger partial charge in [0.1, 0.15) is 0 Å². The van der Waals surface area contributed by atoms with E-state index in [0.29, 0.717) is 12.1 Å². The van der Waals surface area contributed by atoms with E-state index in [2.05, 4.69) is 21.0 Å². The molecule has 1 amide bonds. The molecule has 0 radical (unpaired) electrons. The van der Waals surface area contributed by atoms with E-state index in [0.717, 1.165) is 20.7 Å². The molecule has 2 rings (SSSR count). The van der Waals surface area contributed by atoms with Crippen molar-refractivity contribution in [2.75, 3.05) is 7.05 Å². The molecule has 0 aromatic carbocycles. The zero-order chi connectivity index (χ0) is 14.2. The first-order valence-corrected chi connectivity index (χ1v) is 7.56. The van der Waals surface area contributed by atoms with E-state index >= 15 is 0 Å². The number of hydrogen-bond acceptors (Lipinski definition) is 3. The Bertz CT molecular complexity index is 617. The Kier molecular flexibility index (Phi) is 4.10. The number of carbonyl (C=O) groups is 1. The Morgan fingerprint density at radius 2 is 2.21 bits per heavy atom. The number of carbonyl (C=O) groups excluding carboxylic acids is 1. The average molecular weight is 342 g/mol. The molecule has 0 atom stereocenters. The van der Waals surface area contributed by atoms with Crippen LogP contribution in [0.4, 0.5) is 0 Å². The van der Waals surface area contributed by atoms with E-state index in [1.165, 1.54) is 0 Å². The molecule has 0 aliphatic carbocycles. The highest BCUT2D eigenvalue weighted by molar-refractivity contribution is 9.10. The quantitative estimate of drug-likeness (QED) is 0.860. The zero-order valence-corrected chi connectivity index (χ0v) is 13.8. The Hall–Kier alpha value is -1.14. The zero-order valence-electron chi connectivity index (χ0n) is 11.4. The van der Waals surface area contributed by atoms with Crippen LogP contribution < -0.4 is 0 Å². The van der Waals surface area contributed by atoms with E-state index in [4.69, 9.17) is 0 Å². The number of aromatic nitrogens is 2. The molecule has 0 aliphatic rings. The monoisotopic (exact) mass is 341 g/mol. The van der Waals surface area contributed by atoms with Gasteiger partial charge in [0.05, 0.1) is 17.8 Å². The second kappa shape index (κ2) is 5.46. The van der Waals surface area contributed by atoms with E-state index in [1.54, 1.807) is 20.9 Å². The predicted molar refractivity (Wildman–Crippen MR) is 80.5 cm³/mol. The van der Waals surface area contributed by atoms with Crippen LogP contribution in [0.1, 0.15) is 26.6 Å². The molecule has 0 spiro atoms. The maximum absolute atomic E-state index is 12.5. The van der Waals surface area contributed by atoms with Crippen LogP contribution in [0.15, 0.2) is 15.9 Å². The summed E-state index contributed by atoms with van der Waals surface area (Å²) in [5.74, 6) is 0.0209.